The molecule has 1 fully saturated rings. The SMILES string of the molecule is CCS(=O)(=O)NC1CCN(c2nc3ccccc3cc2CO)CC1. The van der Waals surface area contributed by atoms with Gasteiger partial charge in [-0.05, 0) is 31.9 Å². The number of aliphatic hydroxyl groups is 1. The fraction of sp³-hybridized carbons (Fsp3) is 0.471. The predicted molar refractivity (Wildman–Crippen MR) is 95.5 cm³/mol. The first-order valence-corrected chi connectivity index (χ1v) is 9.92. The number of aliphatic hydroxyl groups excluding tert-OH is 1. The minimum atomic E-state index is -3.17. The van der Waals surface area contributed by atoms with Crippen LogP contribution in [0.4, 0.5) is 5.82 Å². The van der Waals surface area contributed by atoms with Crippen LogP contribution >= 0.6 is 0 Å². The standard InChI is InChI=1S/C17H23N3O3S/c1-2-24(22,23)19-15-7-9-20(10-8-15)17-14(12-21)11-13-5-3-4-6-16(13)18-17/h3-6,11,15,19,21H,2,7-10,12H2,1H3. The number of aromatic nitrogens is 1. The summed E-state index contributed by atoms with van der Waals surface area (Å²) >= 11 is 0. The van der Waals surface area contributed by atoms with E-state index in [9.17, 15) is 13.5 Å². The number of sulfonamides is 1. The molecule has 1 aromatic heterocycles. The molecule has 1 aliphatic heterocycles. The number of anilines is 1. The Bertz CT molecular complexity index is 815. The predicted octanol–water partition coefficient (Wildman–Crippen LogP) is 1.64. The van der Waals surface area contributed by atoms with Crippen molar-refractivity contribution in [3.8, 4) is 0 Å². The third kappa shape index (κ3) is 3.68. The van der Waals surface area contributed by atoms with Gasteiger partial charge in [-0.25, -0.2) is 18.1 Å². The van der Waals surface area contributed by atoms with Crippen LogP contribution in [0.1, 0.15) is 25.3 Å². The molecule has 0 aliphatic carbocycles. The van der Waals surface area contributed by atoms with E-state index in [4.69, 9.17) is 4.98 Å². The van der Waals surface area contributed by atoms with E-state index >= 15 is 0 Å². The molecule has 130 valence electrons. The minimum absolute atomic E-state index is 0.0239. The molecule has 0 unspecified atom stereocenters. The third-order valence-electron chi connectivity index (χ3n) is 4.47. The third-order valence-corrected chi connectivity index (χ3v) is 5.92. The van der Waals surface area contributed by atoms with Gasteiger partial charge in [-0.15, -0.1) is 0 Å². The molecule has 7 heteroatoms. The largest absolute Gasteiger partial charge is 0.392 e. The summed E-state index contributed by atoms with van der Waals surface area (Å²) < 4.78 is 26.1. The summed E-state index contributed by atoms with van der Waals surface area (Å²) in [5.41, 5.74) is 1.71. The van der Waals surface area contributed by atoms with Crippen molar-refractivity contribution in [3.63, 3.8) is 0 Å². The number of hydrogen-bond acceptors (Lipinski definition) is 5. The molecular weight excluding hydrogens is 326 g/mol. The highest BCUT2D eigenvalue weighted by molar-refractivity contribution is 7.89. The second kappa shape index (κ2) is 7.04. The van der Waals surface area contributed by atoms with E-state index in [0.29, 0.717) is 0 Å². The first kappa shape index (κ1) is 17.1. The van der Waals surface area contributed by atoms with Crippen LogP contribution in [0.25, 0.3) is 10.9 Å². The van der Waals surface area contributed by atoms with Crippen molar-refractivity contribution in [1.82, 2.24) is 9.71 Å². The van der Waals surface area contributed by atoms with Crippen molar-refractivity contribution < 1.29 is 13.5 Å². The molecule has 24 heavy (non-hydrogen) atoms. The molecule has 0 radical (unpaired) electrons. The van der Waals surface area contributed by atoms with Gasteiger partial charge < -0.3 is 10.0 Å². The molecule has 0 atom stereocenters. The van der Waals surface area contributed by atoms with Crippen LogP contribution < -0.4 is 9.62 Å². The zero-order valence-corrected chi connectivity index (χ0v) is 14.6. The number of rotatable bonds is 5. The Morgan fingerprint density at radius 2 is 2.00 bits per heavy atom. The molecule has 2 aromatic rings. The number of piperidine rings is 1. The number of nitrogens with zero attached hydrogens (tertiary/aromatic N) is 2. The van der Waals surface area contributed by atoms with E-state index in [0.717, 1.165) is 48.2 Å². The first-order chi connectivity index (χ1) is 11.5. The molecule has 2 heterocycles. The van der Waals surface area contributed by atoms with Crippen molar-refractivity contribution in [2.45, 2.75) is 32.4 Å². The summed E-state index contributed by atoms with van der Waals surface area (Å²) in [5, 5.41) is 10.7. The minimum Gasteiger partial charge on any atom is -0.392 e. The van der Waals surface area contributed by atoms with E-state index < -0.39 is 10.0 Å². The molecule has 1 aliphatic rings. The normalized spacial score (nSPS) is 16.7. The summed E-state index contributed by atoms with van der Waals surface area (Å²) in [4.78, 5) is 6.85. The summed E-state index contributed by atoms with van der Waals surface area (Å²) in [5.74, 6) is 0.904. The highest BCUT2D eigenvalue weighted by atomic mass is 32.2. The average molecular weight is 349 g/mol. The maximum absolute atomic E-state index is 11.7. The zero-order valence-electron chi connectivity index (χ0n) is 13.8. The fourth-order valence-corrected chi connectivity index (χ4v) is 4.00. The Kier molecular flexibility index (Phi) is 5.03. The average Bonchev–Trinajstić information content (AvgIpc) is 2.61. The van der Waals surface area contributed by atoms with E-state index in [-0.39, 0.29) is 18.4 Å². The van der Waals surface area contributed by atoms with Gasteiger partial charge >= 0.3 is 0 Å². The van der Waals surface area contributed by atoms with Gasteiger partial charge in [0.2, 0.25) is 10.0 Å². The van der Waals surface area contributed by atoms with Gasteiger partial charge in [0.25, 0.3) is 0 Å². The van der Waals surface area contributed by atoms with E-state index in [1.807, 2.05) is 30.3 Å². The summed E-state index contributed by atoms with van der Waals surface area (Å²) in [6.07, 6.45) is 1.47. The molecule has 0 saturated carbocycles. The van der Waals surface area contributed by atoms with Crippen molar-refractivity contribution >= 4 is 26.7 Å². The maximum Gasteiger partial charge on any atom is 0.211 e. The summed E-state index contributed by atoms with van der Waals surface area (Å²) in [6, 6.07) is 9.80. The zero-order chi connectivity index (χ0) is 17.2. The second-order valence-electron chi connectivity index (χ2n) is 6.10. The highest BCUT2D eigenvalue weighted by Crippen LogP contribution is 2.26. The van der Waals surface area contributed by atoms with Gasteiger partial charge in [0.1, 0.15) is 5.82 Å². The van der Waals surface area contributed by atoms with Crippen molar-refractivity contribution in [2.24, 2.45) is 0 Å². The fourth-order valence-electron chi connectivity index (χ4n) is 3.09. The van der Waals surface area contributed by atoms with Crippen LogP contribution in [-0.4, -0.2) is 43.4 Å². The molecule has 0 amide bonds. The molecule has 1 aromatic carbocycles. The second-order valence-corrected chi connectivity index (χ2v) is 8.15. The quantitative estimate of drug-likeness (QED) is 0.857. The Labute approximate surface area is 142 Å². The van der Waals surface area contributed by atoms with Gasteiger partial charge in [0.15, 0.2) is 0 Å². The number of benzene rings is 1. The Hall–Kier alpha value is -1.70. The van der Waals surface area contributed by atoms with Crippen molar-refractivity contribution in [3.05, 3.63) is 35.9 Å². The number of para-hydroxylation sites is 1. The van der Waals surface area contributed by atoms with Gasteiger partial charge in [-0.2, -0.15) is 0 Å². The van der Waals surface area contributed by atoms with Gasteiger partial charge in [-0.3, -0.25) is 0 Å². The topological polar surface area (TPSA) is 82.5 Å². The van der Waals surface area contributed by atoms with E-state index in [1.165, 1.54) is 0 Å². The van der Waals surface area contributed by atoms with Crippen LogP contribution in [0.5, 0.6) is 0 Å². The molecule has 3 rings (SSSR count). The number of fused-ring (bicyclic) bond motifs is 1. The van der Waals surface area contributed by atoms with Crippen LogP contribution in [0, 0.1) is 0 Å². The summed E-state index contributed by atoms with van der Waals surface area (Å²) in [7, 11) is -3.17. The molecule has 0 spiro atoms. The lowest BCUT2D eigenvalue weighted by Gasteiger charge is -2.34. The molecule has 6 nitrogen and oxygen atoms in total. The number of hydrogen-bond donors (Lipinski definition) is 2. The lowest BCUT2D eigenvalue weighted by atomic mass is 10.0. The first-order valence-electron chi connectivity index (χ1n) is 8.27. The lowest BCUT2D eigenvalue weighted by Crippen LogP contribution is -2.45. The number of nitrogens with one attached hydrogen (secondary N) is 1. The van der Waals surface area contributed by atoms with E-state index in [2.05, 4.69) is 9.62 Å². The Morgan fingerprint density at radius 1 is 1.29 bits per heavy atom. The summed E-state index contributed by atoms with van der Waals surface area (Å²) in [6.45, 7) is 3.02. The van der Waals surface area contributed by atoms with Gasteiger partial charge in [0, 0.05) is 30.1 Å². The molecule has 0 bridgehead atoms. The van der Waals surface area contributed by atoms with Crippen molar-refractivity contribution in [2.75, 3.05) is 23.7 Å². The van der Waals surface area contributed by atoms with Crippen LogP contribution in [0.3, 0.4) is 0 Å². The number of pyridine rings is 1. The lowest BCUT2D eigenvalue weighted by molar-refractivity contribution is 0.281. The van der Waals surface area contributed by atoms with Crippen molar-refractivity contribution in [1.29, 1.82) is 0 Å². The van der Waals surface area contributed by atoms with Gasteiger partial charge in [0.05, 0.1) is 17.9 Å². The molecule has 1 saturated heterocycles. The smallest absolute Gasteiger partial charge is 0.211 e. The van der Waals surface area contributed by atoms with Gasteiger partial charge in [-0.1, -0.05) is 18.2 Å². The monoisotopic (exact) mass is 349 g/mol. The van der Waals surface area contributed by atoms with Crippen LogP contribution in [-0.2, 0) is 16.6 Å². The van der Waals surface area contributed by atoms with E-state index in [1.54, 1.807) is 6.92 Å². The Balaban J connectivity index is 1.77. The Morgan fingerprint density at radius 3 is 2.67 bits per heavy atom. The molecule has 2 N–H and O–H groups in total. The molecular formula is C17H23N3O3S. The maximum atomic E-state index is 11.7. The van der Waals surface area contributed by atoms with Crippen LogP contribution in [0.2, 0.25) is 0 Å². The highest BCUT2D eigenvalue weighted by Gasteiger charge is 2.24. The van der Waals surface area contributed by atoms with Crippen LogP contribution in [0.15, 0.2) is 30.3 Å².